The lowest BCUT2D eigenvalue weighted by Gasteiger charge is -2.20. The van der Waals surface area contributed by atoms with Crippen LogP contribution in [0.1, 0.15) is 67.9 Å². The number of pyridine rings is 1. The number of nitrogens with zero attached hydrogens (tertiary/aromatic N) is 5. The van der Waals surface area contributed by atoms with Gasteiger partial charge in [-0.3, -0.25) is 4.98 Å². The van der Waals surface area contributed by atoms with Crippen molar-refractivity contribution in [1.82, 2.24) is 24.5 Å². The average Bonchev–Trinajstić information content (AvgIpc) is 3.61. The van der Waals surface area contributed by atoms with Gasteiger partial charge in [-0.2, -0.15) is 9.97 Å². The van der Waals surface area contributed by atoms with Crippen LogP contribution in [-0.2, 0) is 6.54 Å². The zero-order valence-corrected chi connectivity index (χ0v) is 21.6. The zero-order valence-electron chi connectivity index (χ0n) is 21.6. The van der Waals surface area contributed by atoms with E-state index in [1.54, 1.807) is 37.4 Å². The molecule has 4 N–H and O–H groups in total. The molecular weight excluding hydrogens is 482 g/mol. The van der Waals surface area contributed by atoms with E-state index in [4.69, 9.17) is 15.1 Å². The predicted molar refractivity (Wildman–Crippen MR) is 146 cm³/mol. The molecule has 0 radical (unpaired) electrons. The molecule has 10 nitrogen and oxygen atoms in total. The smallest absolute Gasteiger partial charge is 0.335 e. The second-order valence-corrected chi connectivity index (χ2v) is 9.85. The summed E-state index contributed by atoms with van der Waals surface area (Å²) in [7, 11) is 0. The van der Waals surface area contributed by atoms with Crippen molar-refractivity contribution in [1.29, 1.82) is 0 Å². The fourth-order valence-corrected chi connectivity index (χ4v) is 4.95. The van der Waals surface area contributed by atoms with E-state index in [-0.39, 0.29) is 11.6 Å². The van der Waals surface area contributed by atoms with E-state index in [1.807, 2.05) is 25.4 Å². The van der Waals surface area contributed by atoms with Crippen molar-refractivity contribution in [2.75, 3.05) is 10.6 Å². The van der Waals surface area contributed by atoms with E-state index in [9.17, 15) is 9.90 Å². The number of fused-ring (bicyclic) bond motifs is 1. The molecule has 1 aliphatic carbocycles. The third kappa shape index (κ3) is 5.45. The third-order valence-electron chi connectivity index (χ3n) is 7.19. The second kappa shape index (κ2) is 11.1. The molecular formula is C28H33N7O3. The number of rotatable bonds is 10. The van der Waals surface area contributed by atoms with Gasteiger partial charge in [0.25, 0.3) is 0 Å². The molecule has 3 heterocycles. The minimum Gasteiger partial charge on any atom is -0.478 e. The van der Waals surface area contributed by atoms with Gasteiger partial charge in [-0.1, -0.05) is 38.0 Å². The predicted octanol–water partition coefficient (Wildman–Crippen LogP) is 4.89. The topological polar surface area (TPSA) is 138 Å². The van der Waals surface area contributed by atoms with Crippen molar-refractivity contribution in [2.45, 2.75) is 70.7 Å². The quantitative estimate of drug-likeness (QED) is 0.233. The molecule has 1 unspecified atom stereocenters. The lowest BCUT2D eigenvalue weighted by atomic mass is 10.1. The molecule has 5 rings (SSSR count). The van der Waals surface area contributed by atoms with Crippen LogP contribution in [0.2, 0.25) is 0 Å². The number of carboxylic acids is 1. The number of nitrogens with one attached hydrogen (secondary N) is 2. The summed E-state index contributed by atoms with van der Waals surface area (Å²) in [5.41, 5.74) is 4.33. The van der Waals surface area contributed by atoms with Gasteiger partial charge in [0.2, 0.25) is 5.95 Å². The Morgan fingerprint density at radius 2 is 1.87 bits per heavy atom. The number of aromatic nitrogens is 5. The number of imidazole rings is 1. The minimum atomic E-state index is -0.952. The molecule has 1 aliphatic rings. The first-order chi connectivity index (χ1) is 18.4. The van der Waals surface area contributed by atoms with Crippen LogP contribution in [0.25, 0.3) is 22.4 Å². The number of aliphatic hydroxyl groups is 1. The highest BCUT2D eigenvalue weighted by Gasteiger charge is 2.23. The second-order valence-electron chi connectivity index (χ2n) is 9.85. The highest BCUT2D eigenvalue weighted by Crippen LogP contribution is 2.33. The van der Waals surface area contributed by atoms with Gasteiger partial charge in [0.15, 0.2) is 17.0 Å². The molecule has 38 heavy (non-hydrogen) atoms. The lowest BCUT2D eigenvalue weighted by Crippen LogP contribution is -2.31. The Bertz CT molecular complexity index is 1390. The van der Waals surface area contributed by atoms with E-state index in [1.165, 1.54) is 12.8 Å². The zero-order chi connectivity index (χ0) is 26.6. The van der Waals surface area contributed by atoms with Crippen LogP contribution in [-0.4, -0.2) is 52.8 Å². The Morgan fingerprint density at radius 1 is 1.11 bits per heavy atom. The molecule has 2 atom stereocenters. The first-order valence-electron chi connectivity index (χ1n) is 13.1. The van der Waals surface area contributed by atoms with Gasteiger partial charge >= 0.3 is 5.97 Å². The van der Waals surface area contributed by atoms with Crippen molar-refractivity contribution in [2.24, 2.45) is 0 Å². The Kier molecular flexibility index (Phi) is 7.50. The summed E-state index contributed by atoms with van der Waals surface area (Å²) in [5, 5.41) is 26.0. The molecule has 3 aromatic heterocycles. The van der Waals surface area contributed by atoms with Gasteiger partial charge in [-0.05, 0) is 49.9 Å². The highest BCUT2D eigenvalue weighted by molar-refractivity contribution is 5.88. The number of benzene rings is 1. The van der Waals surface area contributed by atoms with Gasteiger partial charge in [0, 0.05) is 24.3 Å². The number of hydrogen-bond acceptors (Lipinski definition) is 8. The van der Waals surface area contributed by atoms with Gasteiger partial charge in [0.05, 0.1) is 29.7 Å². The Morgan fingerprint density at radius 3 is 2.50 bits per heavy atom. The van der Waals surface area contributed by atoms with Crippen LogP contribution in [0.3, 0.4) is 0 Å². The Balaban J connectivity index is 1.38. The van der Waals surface area contributed by atoms with E-state index in [2.05, 4.69) is 25.2 Å². The first kappa shape index (κ1) is 25.6. The van der Waals surface area contributed by atoms with E-state index >= 15 is 0 Å². The largest absolute Gasteiger partial charge is 0.478 e. The summed E-state index contributed by atoms with van der Waals surface area (Å²) in [4.78, 5) is 29.9. The standard InChI is InChI=1S/C28H33N7O3/c1-3-22(17(2)36)32-28-33-25(24-26(34-28)35(16-31-24)21-6-4-5-7-21)30-15-18-8-13-23(29-14-18)19-9-11-20(12-10-19)27(37)38/h8-14,16-17,21-22,36H,3-7,15H2,1-2H3,(H,37,38)(H2,30,32,33,34)/t17?,22-/m1/s1. The van der Waals surface area contributed by atoms with Crippen molar-refractivity contribution < 1.29 is 15.0 Å². The maximum atomic E-state index is 11.1. The third-order valence-corrected chi connectivity index (χ3v) is 7.19. The number of hydrogen-bond donors (Lipinski definition) is 4. The molecule has 0 saturated heterocycles. The van der Waals surface area contributed by atoms with Crippen LogP contribution in [0.4, 0.5) is 11.8 Å². The maximum absolute atomic E-state index is 11.1. The molecule has 0 aliphatic heterocycles. The van der Waals surface area contributed by atoms with Crippen LogP contribution in [0.5, 0.6) is 0 Å². The normalized spacial score (nSPS) is 15.4. The lowest BCUT2D eigenvalue weighted by molar-refractivity contribution is 0.0697. The summed E-state index contributed by atoms with van der Waals surface area (Å²) in [6.07, 6.45) is 8.50. The van der Waals surface area contributed by atoms with Crippen molar-refractivity contribution in [3.05, 3.63) is 60.0 Å². The van der Waals surface area contributed by atoms with Gasteiger partial charge in [-0.25, -0.2) is 9.78 Å². The van der Waals surface area contributed by atoms with Crippen molar-refractivity contribution in [3.8, 4) is 11.3 Å². The fraction of sp³-hybridized carbons (Fsp3) is 0.393. The van der Waals surface area contributed by atoms with Crippen LogP contribution < -0.4 is 10.6 Å². The molecule has 1 saturated carbocycles. The number of carboxylic acid groups (broad SMARTS) is 1. The number of carbonyl (C=O) groups is 1. The van der Waals surface area contributed by atoms with Crippen LogP contribution in [0, 0.1) is 0 Å². The van der Waals surface area contributed by atoms with Crippen LogP contribution in [0.15, 0.2) is 48.9 Å². The highest BCUT2D eigenvalue weighted by atomic mass is 16.4. The minimum absolute atomic E-state index is 0.163. The summed E-state index contributed by atoms with van der Waals surface area (Å²) in [5.74, 6) is 0.140. The molecule has 10 heteroatoms. The summed E-state index contributed by atoms with van der Waals surface area (Å²) >= 11 is 0. The molecule has 0 amide bonds. The van der Waals surface area contributed by atoms with E-state index in [0.29, 0.717) is 24.4 Å². The van der Waals surface area contributed by atoms with Gasteiger partial charge in [-0.15, -0.1) is 0 Å². The Hall–Kier alpha value is -4.05. The SMILES string of the molecule is CC[C@@H](Nc1nc(NCc2ccc(-c3ccc(C(=O)O)cc3)nc2)c2ncn(C3CCCC3)c2n1)C(C)O. The van der Waals surface area contributed by atoms with Gasteiger partial charge < -0.3 is 25.4 Å². The molecule has 4 aromatic rings. The summed E-state index contributed by atoms with van der Waals surface area (Å²) < 4.78 is 2.16. The molecule has 0 spiro atoms. The van der Waals surface area contributed by atoms with Crippen molar-refractivity contribution in [3.63, 3.8) is 0 Å². The van der Waals surface area contributed by atoms with Gasteiger partial charge in [0.1, 0.15) is 0 Å². The number of aromatic carboxylic acids is 1. The molecule has 198 valence electrons. The fourth-order valence-electron chi connectivity index (χ4n) is 4.95. The van der Waals surface area contributed by atoms with Crippen LogP contribution >= 0.6 is 0 Å². The first-order valence-corrected chi connectivity index (χ1v) is 13.1. The average molecular weight is 516 g/mol. The Labute approximate surface area is 221 Å². The maximum Gasteiger partial charge on any atom is 0.335 e. The molecule has 1 fully saturated rings. The van der Waals surface area contributed by atoms with E-state index < -0.39 is 12.1 Å². The summed E-state index contributed by atoms with van der Waals surface area (Å²) in [6.45, 7) is 4.27. The summed E-state index contributed by atoms with van der Waals surface area (Å²) in [6, 6.07) is 10.8. The molecule has 0 bridgehead atoms. The van der Waals surface area contributed by atoms with E-state index in [0.717, 1.165) is 47.2 Å². The number of anilines is 2. The number of aliphatic hydroxyl groups excluding tert-OH is 1. The van der Waals surface area contributed by atoms with Crippen molar-refractivity contribution >= 4 is 28.9 Å². The molecule has 1 aromatic carbocycles. The monoisotopic (exact) mass is 515 g/mol.